The number of nitrogens with zero attached hydrogens (tertiary/aromatic N) is 2. The first-order valence-corrected chi connectivity index (χ1v) is 6.03. The van der Waals surface area contributed by atoms with Crippen LogP contribution in [0.3, 0.4) is 0 Å². The summed E-state index contributed by atoms with van der Waals surface area (Å²) < 4.78 is 19.3. The molecule has 5 heteroatoms. The number of hydrogen-bond acceptors (Lipinski definition) is 4. The molecule has 0 aliphatic carbocycles. The first kappa shape index (κ1) is 14.0. The van der Waals surface area contributed by atoms with Gasteiger partial charge < -0.3 is 9.84 Å². The zero-order valence-corrected chi connectivity index (χ0v) is 10.9. The van der Waals surface area contributed by atoms with Crippen LogP contribution in [0.2, 0.25) is 0 Å². The minimum atomic E-state index is -0.583. The Labute approximate surface area is 116 Å². The SMILES string of the molecule is Cc1ccc(OCc2cccc(C#N)c2F)c(CO)n1. The molecule has 102 valence electrons. The number of aliphatic hydroxyl groups is 1. The van der Waals surface area contributed by atoms with Crippen LogP contribution in [0.15, 0.2) is 30.3 Å². The third-order valence-corrected chi connectivity index (χ3v) is 2.80. The van der Waals surface area contributed by atoms with Crippen LogP contribution in [-0.2, 0) is 13.2 Å². The molecule has 2 aromatic rings. The number of ether oxygens (including phenoxy) is 1. The normalized spacial score (nSPS) is 10.1. The van der Waals surface area contributed by atoms with Crippen molar-refractivity contribution < 1.29 is 14.2 Å². The highest BCUT2D eigenvalue weighted by Crippen LogP contribution is 2.20. The van der Waals surface area contributed by atoms with Crippen molar-refractivity contribution in [2.45, 2.75) is 20.1 Å². The highest BCUT2D eigenvalue weighted by Gasteiger charge is 2.10. The molecule has 0 spiro atoms. The van der Waals surface area contributed by atoms with Crippen LogP contribution in [0, 0.1) is 24.1 Å². The van der Waals surface area contributed by atoms with Crippen molar-refractivity contribution in [3.05, 3.63) is 58.7 Å². The molecule has 0 unspecified atom stereocenters. The summed E-state index contributed by atoms with van der Waals surface area (Å²) in [5.74, 6) is -0.180. The van der Waals surface area contributed by atoms with E-state index in [1.807, 2.05) is 0 Å². The van der Waals surface area contributed by atoms with Gasteiger partial charge >= 0.3 is 0 Å². The predicted octanol–water partition coefficient (Wildman–Crippen LogP) is 2.47. The van der Waals surface area contributed by atoms with Gasteiger partial charge in [-0.15, -0.1) is 0 Å². The van der Waals surface area contributed by atoms with Crippen LogP contribution in [0.4, 0.5) is 4.39 Å². The molecular formula is C15H13FN2O2. The van der Waals surface area contributed by atoms with Crippen molar-refractivity contribution in [3.63, 3.8) is 0 Å². The number of aliphatic hydroxyl groups excluding tert-OH is 1. The average Bonchev–Trinajstić information content (AvgIpc) is 2.47. The fourth-order valence-electron chi connectivity index (χ4n) is 1.78. The molecule has 4 nitrogen and oxygen atoms in total. The Kier molecular flexibility index (Phi) is 4.28. The molecule has 0 aliphatic rings. The number of benzene rings is 1. The van der Waals surface area contributed by atoms with E-state index in [1.165, 1.54) is 6.07 Å². The molecular weight excluding hydrogens is 259 g/mol. The fraction of sp³-hybridized carbons (Fsp3) is 0.200. The first-order valence-electron chi connectivity index (χ1n) is 6.03. The Bertz CT molecular complexity index is 665. The topological polar surface area (TPSA) is 66.1 Å². The van der Waals surface area contributed by atoms with Crippen LogP contribution >= 0.6 is 0 Å². The lowest BCUT2D eigenvalue weighted by molar-refractivity contribution is 0.251. The van der Waals surface area contributed by atoms with E-state index in [2.05, 4.69) is 4.98 Å². The fourth-order valence-corrected chi connectivity index (χ4v) is 1.78. The number of rotatable bonds is 4. The van der Waals surface area contributed by atoms with Gasteiger partial charge in [-0.05, 0) is 25.1 Å². The second-order valence-corrected chi connectivity index (χ2v) is 4.23. The highest BCUT2D eigenvalue weighted by atomic mass is 19.1. The van der Waals surface area contributed by atoms with E-state index in [0.717, 1.165) is 5.69 Å². The van der Waals surface area contributed by atoms with Crippen LogP contribution < -0.4 is 4.74 Å². The monoisotopic (exact) mass is 272 g/mol. The molecule has 20 heavy (non-hydrogen) atoms. The van der Waals surface area contributed by atoms with Crippen molar-refractivity contribution in [1.82, 2.24) is 4.98 Å². The molecule has 1 aromatic carbocycles. The Balaban J connectivity index is 2.19. The summed E-state index contributed by atoms with van der Waals surface area (Å²) in [6.07, 6.45) is 0. The summed E-state index contributed by atoms with van der Waals surface area (Å²) in [5, 5.41) is 18.0. The molecule has 0 saturated carbocycles. The zero-order chi connectivity index (χ0) is 14.5. The Morgan fingerprint density at radius 2 is 2.15 bits per heavy atom. The lowest BCUT2D eigenvalue weighted by atomic mass is 10.1. The minimum Gasteiger partial charge on any atom is -0.487 e. The summed E-state index contributed by atoms with van der Waals surface area (Å²) in [6.45, 7) is 1.52. The third kappa shape index (κ3) is 2.92. The van der Waals surface area contributed by atoms with E-state index in [4.69, 9.17) is 10.00 Å². The van der Waals surface area contributed by atoms with Crippen LogP contribution in [0.5, 0.6) is 5.75 Å². The molecule has 1 N–H and O–H groups in total. The van der Waals surface area contributed by atoms with Crippen molar-refractivity contribution in [2.75, 3.05) is 0 Å². The number of halogens is 1. The molecule has 1 aromatic heterocycles. The molecule has 2 rings (SSSR count). The van der Waals surface area contributed by atoms with Crippen molar-refractivity contribution in [3.8, 4) is 11.8 Å². The van der Waals surface area contributed by atoms with Gasteiger partial charge in [-0.1, -0.05) is 12.1 Å². The minimum absolute atomic E-state index is 0.0180. The quantitative estimate of drug-likeness (QED) is 0.928. The van der Waals surface area contributed by atoms with E-state index >= 15 is 0 Å². The molecule has 0 bridgehead atoms. The maximum atomic E-state index is 13.9. The highest BCUT2D eigenvalue weighted by molar-refractivity contribution is 5.35. The average molecular weight is 272 g/mol. The predicted molar refractivity (Wildman–Crippen MR) is 70.3 cm³/mol. The summed E-state index contributed by atoms with van der Waals surface area (Å²) >= 11 is 0. The van der Waals surface area contributed by atoms with Gasteiger partial charge in [-0.2, -0.15) is 5.26 Å². The van der Waals surface area contributed by atoms with Crippen molar-refractivity contribution in [1.29, 1.82) is 5.26 Å². The zero-order valence-electron chi connectivity index (χ0n) is 10.9. The number of aryl methyl sites for hydroxylation is 1. The van der Waals surface area contributed by atoms with E-state index < -0.39 is 5.82 Å². The second-order valence-electron chi connectivity index (χ2n) is 4.23. The van der Waals surface area contributed by atoms with Gasteiger partial charge in [0.25, 0.3) is 0 Å². The van der Waals surface area contributed by atoms with Gasteiger partial charge in [-0.3, -0.25) is 4.98 Å². The summed E-state index contributed by atoms with van der Waals surface area (Å²) in [5.41, 5.74) is 1.44. The lowest BCUT2D eigenvalue weighted by Crippen LogP contribution is -2.04. The largest absolute Gasteiger partial charge is 0.487 e. The van der Waals surface area contributed by atoms with Gasteiger partial charge in [0, 0.05) is 11.3 Å². The molecule has 0 atom stereocenters. The van der Waals surface area contributed by atoms with E-state index in [9.17, 15) is 9.50 Å². The summed E-state index contributed by atoms with van der Waals surface area (Å²) in [6, 6.07) is 9.77. The Hall–Kier alpha value is -2.45. The summed E-state index contributed by atoms with van der Waals surface area (Å²) in [7, 11) is 0. The van der Waals surface area contributed by atoms with E-state index in [1.54, 1.807) is 37.3 Å². The third-order valence-electron chi connectivity index (χ3n) is 2.80. The van der Waals surface area contributed by atoms with Crippen LogP contribution in [0.1, 0.15) is 22.5 Å². The number of aromatic nitrogens is 1. The first-order chi connectivity index (χ1) is 9.65. The molecule has 0 aliphatic heterocycles. The maximum Gasteiger partial charge on any atom is 0.147 e. The second kappa shape index (κ2) is 6.13. The maximum absolute atomic E-state index is 13.9. The Morgan fingerprint density at radius 1 is 1.35 bits per heavy atom. The lowest BCUT2D eigenvalue weighted by Gasteiger charge is -2.11. The van der Waals surface area contributed by atoms with Crippen LogP contribution in [0.25, 0.3) is 0 Å². The van der Waals surface area contributed by atoms with E-state index in [-0.39, 0.29) is 24.3 Å². The number of nitriles is 1. The molecule has 1 heterocycles. The van der Waals surface area contributed by atoms with Gasteiger partial charge in [0.1, 0.15) is 29.9 Å². The van der Waals surface area contributed by atoms with Crippen molar-refractivity contribution >= 4 is 0 Å². The van der Waals surface area contributed by atoms with Crippen LogP contribution in [-0.4, -0.2) is 10.1 Å². The molecule has 0 fully saturated rings. The Morgan fingerprint density at radius 3 is 2.85 bits per heavy atom. The summed E-state index contributed by atoms with van der Waals surface area (Å²) in [4.78, 5) is 4.14. The van der Waals surface area contributed by atoms with Gasteiger partial charge in [-0.25, -0.2) is 4.39 Å². The number of hydrogen-bond donors (Lipinski definition) is 1. The number of pyridine rings is 1. The molecule has 0 amide bonds. The van der Waals surface area contributed by atoms with Crippen molar-refractivity contribution in [2.24, 2.45) is 0 Å². The van der Waals surface area contributed by atoms with Gasteiger partial charge in [0.05, 0.1) is 12.2 Å². The van der Waals surface area contributed by atoms with E-state index in [0.29, 0.717) is 11.4 Å². The van der Waals surface area contributed by atoms with Gasteiger partial charge in [0.2, 0.25) is 0 Å². The molecule has 0 radical (unpaired) electrons. The molecule has 0 saturated heterocycles. The smallest absolute Gasteiger partial charge is 0.147 e. The standard InChI is InChI=1S/C15H13FN2O2/c1-10-5-6-14(13(8-19)18-10)20-9-12-4-2-3-11(7-17)15(12)16/h2-6,19H,8-9H2,1H3. The van der Waals surface area contributed by atoms with Gasteiger partial charge in [0.15, 0.2) is 0 Å².